The molecule has 4 unspecified atom stereocenters. The summed E-state index contributed by atoms with van der Waals surface area (Å²) in [6.07, 6.45) is 0.313. The van der Waals surface area contributed by atoms with Crippen LogP contribution < -0.4 is 5.32 Å². The van der Waals surface area contributed by atoms with E-state index in [1.165, 1.54) is 0 Å². The predicted octanol–water partition coefficient (Wildman–Crippen LogP) is -1.23. The molecule has 1 rings (SSSR count). The van der Waals surface area contributed by atoms with Crippen molar-refractivity contribution in [3.63, 3.8) is 0 Å². The van der Waals surface area contributed by atoms with Gasteiger partial charge in [0.2, 0.25) is 0 Å². The molecule has 0 aromatic carbocycles. The molecular formula is C10H20N2O5S. The maximum atomic E-state index is 11.0. The standard InChI is InChI=1S/C10H20N2O5S/c1-12(2)9(4-14)7(3-13)11-8-5-18(16,17)6-10(8)15/h3-4,7-11,15-17H,5-6H2,1-2H3. The first-order chi connectivity index (χ1) is 8.30. The molecule has 0 aromatic rings. The summed E-state index contributed by atoms with van der Waals surface area (Å²) in [5.41, 5.74) is 0. The van der Waals surface area contributed by atoms with Gasteiger partial charge in [-0.1, -0.05) is 0 Å². The summed E-state index contributed by atoms with van der Waals surface area (Å²) in [5, 5.41) is 12.5. The highest BCUT2D eigenvalue weighted by Crippen LogP contribution is 2.45. The maximum absolute atomic E-state index is 11.0. The zero-order chi connectivity index (χ0) is 13.9. The van der Waals surface area contributed by atoms with Crippen molar-refractivity contribution in [1.82, 2.24) is 10.2 Å². The van der Waals surface area contributed by atoms with Gasteiger partial charge in [-0.25, -0.2) is 0 Å². The van der Waals surface area contributed by atoms with Crippen molar-refractivity contribution < 1.29 is 23.8 Å². The van der Waals surface area contributed by atoms with Gasteiger partial charge in [0.1, 0.15) is 12.6 Å². The number of aliphatic hydroxyl groups is 1. The molecule has 1 fully saturated rings. The summed E-state index contributed by atoms with van der Waals surface area (Å²) in [5.74, 6) is -0.0958. The fourth-order valence-electron chi connectivity index (χ4n) is 2.01. The Balaban J connectivity index is 2.69. The Morgan fingerprint density at radius 1 is 1.28 bits per heavy atom. The minimum absolute atomic E-state index is 0.00247. The lowest BCUT2D eigenvalue weighted by molar-refractivity contribution is -0.118. The number of rotatable bonds is 6. The van der Waals surface area contributed by atoms with E-state index in [4.69, 9.17) is 0 Å². The molecule has 0 amide bonds. The number of likely N-dealkylation sites (N-methyl/N-ethyl adjacent to an activating group) is 1. The molecule has 4 atom stereocenters. The summed E-state index contributed by atoms with van der Waals surface area (Å²) >= 11 is 0. The van der Waals surface area contributed by atoms with Crippen LogP contribution in [0, 0.1) is 0 Å². The van der Waals surface area contributed by atoms with Crippen molar-refractivity contribution in [3.05, 3.63) is 0 Å². The molecule has 8 heteroatoms. The van der Waals surface area contributed by atoms with Crippen molar-refractivity contribution in [2.75, 3.05) is 25.6 Å². The second-order valence-electron chi connectivity index (χ2n) is 4.73. The second-order valence-corrected chi connectivity index (χ2v) is 7.00. The van der Waals surface area contributed by atoms with E-state index in [-0.39, 0.29) is 11.5 Å². The first-order valence-electron chi connectivity index (χ1n) is 5.55. The molecular weight excluding hydrogens is 260 g/mol. The van der Waals surface area contributed by atoms with E-state index in [1.54, 1.807) is 19.0 Å². The molecule has 4 N–H and O–H groups in total. The summed E-state index contributed by atoms with van der Waals surface area (Å²) in [7, 11) is 0.544. The Morgan fingerprint density at radius 3 is 2.22 bits per heavy atom. The Bertz CT molecular complexity index is 313. The highest BCUT2D eigenvalue weighted by atomic mass is 32.3. The molecule has 0 radical (unpaired) electrons. The normalized spacial score (nSPS) is 31.9. The second kappa shape index (κ2) is 6.09. The van der Waals surface area contributed by atoms with Gasteiger partial charge in [-0.3, -0.25) is 19.3 Å². The van der Waals surface area contributed by atoms with Crippen molar-refractivity contribution in [2.45, 2.75) is 24.2 Å². The van der Waals surface area contributed by atoms with Crippen LogP contribution in [-0.4, -0.2) is 81.5 Å². The lowest BCUT2D eigenvalue weighted by Crippen LogP contribution is -2.55. The summed E-state index contributed by atoms with van der Waals surface area (Å²) in [4.78, 5) is 23.5. The van der Waals surface area contributed by atoms with Crippen LogP contribution in [0.25, 0.3) is 0 Å². The Kier molecular flexibility index (Phi) is 5.26. The minimum atomic E-state index is -2.78. The third-order valence-electron chi connectivity index (χ3n) is 3.01. The molecule has 18 heavy (non-hydrogen) atoms. The highest BCUT2D eigenvalue weighted by Gasteiger charge is 2.38. The van der Waals surface area contributed by atoms with E-state index in [0.29, 0.717) is 12.6 Å². The SMILES string of the molecule is CN(C)C(C=O)C(C=O)NC1CS(O)(O)CC1O. The van der Waals surface area contributed by atoms with E-state index in [9.17, 15) is 23.8 Å². The quantitative estimate of drug-likeness (QED) is 0.451. The highest BCUT2D eigenvalue weighted by molar-refractivity contribution is 8.24. The van der Waals surface area contributed by atoms with Crippen molar-refractivity contribution >= 4 is 23.2 Å². The largest absolute Gasteiger partial charge is 0.390 e. The number of carbonyl (C=O) groups is 2. The Morgan fingerprint density at radius 2 is 1.89 bits per heavy atom. The Labute approximate surface area is 108 Å². The molecule has 1 aliphatic heterocycles. The van der Waals surface area contributed by atoms with Crippen LogP contribution in [-0.2, 0) is 9.59 Å². The number of hydrogen-bond acceptors (Lipinski definition) is 7. The Hall–Kier alpha value is -0.510. The summed E-state index contributed by atoms with van der Waals surface area (Å²) in [6, 6.07) is -2.03. The van der Waals surface area contributed by atoms with Gasteiger partial charge in [0.15, 0.2) is 0 Å². The van der Waals surface area contributed by atoms with Crippen LogP contribution in [0.5, 0.6) is 0 Å². The third kappa shape index (κ3) is 3.74. The molecule has 106 valence electrons. The fraction of sp³-hybridized carbons (Fsp3) is 0.800. The molecule has 1 heterocycles. The molecule has 7 nitrogen and oxygen atoms in total. The lowest BCUT2D eigenvalue weighted by Gasteiger charge is -2.29. The van der Waals surface area contributed by atoms with Crippen LogP contribution >= 0.6 is 10.6 Å². The average Bonchev–Trinajstić information content (AvgIpc) is 2.50. The molecule has 0 spiro atoms. The van der Waals surface area contributed by atoms with Crippen LogP contribution in [0.4, 0.5) is 0 Å². The van der Waals surface area contributed by atoms with Crippen molar-refractivity contribution in [3.8, 4) is 0 Å². The summed E-state index contributed by atoms with van der Waals surface area (Å²) < 4.78 is 19.0. The van der Waals surface area contributed by atoms with E-state index >= 15 is 0 Å². The van der Waals surface area contributed by atoms with Crippen LogP contribution in [0.3, 0.4) is 0 Å². The molecule has 0 aromatic heterocycles. The van der Waals surface area contributed by atoms with Gasteiger partial charge in [0, 0.05) is 0 Å². The van der Waals surface area contributed by atoms with Crippen molar-refractivity contribution in [1.29, 1.82) is 0 Å². The van der Waals surface area contributed by atoms with E-state index < -0.39 is 34.8 Å². The van der Waals surface area contributed by atoms with E-state index in [2.05, 4.69) is 5.32 Å². The van der Waals surface area contributed by atoms with E-state index in [0.717, 1.165) is 0 Å². The number of aliphatic hydroxyl groups excluding tert-OH is 1. The van der Waals surface area contributed by atoms with Gasteiger partial charge >= 0.3 is 0 Å². The number of carbonyl (C=O) groups excluding carboxylic acids is 2. The monoisotopic (exact) mass is 280 g/mol. The number of nitrogens with zero attached hydrogens (tertiary/aromatic N) is 1. The molecule has 0 aliphatic carbocycles. The van der Waals surface area contributed by atoms with Gasteiger partial charge in [-0.2, -0.15) is 10.6 Å². The molecule has 1 aliphatic rings. The van der Waals surface area contributed by atoms with E-state index in [1.807, 2.05) is 0 Å². The molecule has 0 saturated carbocycles. The van der Waals surface area contributed by atoms with Gasteiger partial charge < -0.3 is 14.7 Å². The fourth-order valence-corrected chi connectivity index (χ4v) is 3.82. The third-order valence-corrected chi connectivity index (χ3v) is 4.77. The number of aldehydes is 2. The smallest absolute Gasteiger partial charge is 0.139 e. The molecule has 1 saturated heterocycles. The van der Waals surface area contributed by atoms with Crippen molar-refractivity contribution in [2.24, 2.45) is 0 Å². The number of hydrogen-bond donors (Lipinski definition) is 4. The zero-order valence-electron chi connectivity index (χ0n) is 10.4. The lowest BCUT2D eigenvalue weighted by atomic mass is 10.1. The first-order valence-corrected chi connectivity index (χ1v) is 7.44. The van der Waals surface area contributed by atoms with Crippen LogP contribution in [0.15, 0.2) is 0 Å². The van der Waals surface area contributed by atoms with Gasteiger partial charge in [-0.05, 0) is 14.1 Å². The minimum Gasteiger partial charge on any atom is -0.390 e. The summed E-state index contributed by atoms with van der Waals surface area (Å²) in [6.45, 7) is 0. The first kappa shape index (κ1) is 15.5. The average molecular weight is 280 g/mol. The predicted molar refractivity (Wildman–Crippen MR) is 68.9 cm³/mol. The topological polar surface area (TPSA) is 110 Å². The van der Waals surface area contributed by atoms with Gasteiger partial charge in [0.25, 0.3) is 0 Å². The van der Waals surface area contributed by atoms with Crippen LogP contribution in [0.1, 0.15) is 0 Å². The number of nitrogens with one attached hydrogen (secondary N) is 1. The zero-order valence-corrected chi connectivity index (χ0v) is 11.2. The maximum Gasteiger partial charge on any atom is 0.139 e. The van der Waals surface area contributed by atoms with Gasteiger partial charge in [0.05, 0.1) is 35.7 Å². The van der Waals surface area contributed by atoms with Gasteiger partial charge in [-0.15, -0.1) is 0 Å². The molecule has 0 bridgehead atoms. The van der Waals surface area contributed by atoms with Crippen LogP contribution in [0.2, 0.25) is 0 Å².